The molecule has 5 heterocycles. The number of piperidine rings is 2. The number of ether oxygens (including phenoxy) is 1. The number of hydrogen-bond donors (Lipinski definition) is 3. The van der Waals surface area contributed by atoms with Crippen LogP contribution in [0.25, 0.3) is 0 Å². The summed E-state index contributed by atoms with van der Waals surface area (Å²) in [6.07, 6.45) is 6.70. The number of nitrogens with zero attached hydrogens (tertiary/aromatic N) is 6. The average molecular weight is 846 g/mol. The number of sulfonamides is 1. The first kappa shape index (κ1) is 40.7. The van der Waals surface area contributed by atoms with Crippen LogP contribution in [0, 0.1) is 5.82 Å². The van der Waals surface area contributed by atoms with Gasteiger partial charge in [0.25, 0.3) is 0 Å². The fourth-order valence-corrected chi connectivity index (χ4v) is 9.82. The van der Waals surface area contributed by atoms with E-state index in [0.717, 1.165) is 69.9 Å². The third-order valence-corrected chi connectivity index (χ3v) is 13.4. The summed E-state index contributed by atoms with van der Waals surface area (Å²) in [5, 5.41) is 9.14. The maximum atomic E-state index is 15.1. The van der Waals surface area contributed by atoms with Crippen LogP contribution in [-0.2, 0) is 32.5 Å². The van der Waals surface area contributed by atoms with E-state index >= 15 is 4.39 Å². The van der Waals surface area contributed by atoms with Gasteiger partial charge >= 0.3 is 0 Å². The zero-order valence-electron chi connectivity index (χ0n) is 33.2. The Morgan fingerprint density at radius 1 is 0.932 bits per heavy atom. The number of methoxy groups -OCH3 is 1. The van der Waals surface area contributed by atoms with Gasteiger partial charge in [-0.1, -0.05) is 35.9 Å². The summed E-state index contributed by atoms with van der Waals surface area (Å²) in [5.41, 5.74) is 5.15. The zero-order chi connectivity index (χ0) is 41.3. The van der Waals surface area contributed by atoms with Crippen LogP contribution in [-0.4, -0.2) is 112 Å². The third-order valence-electron chi connectivity index (χ3n) is 12.0. The summed E-state index contributed by atoms with van der Waals surface area (Å²) in [5.74, 6) is -0.129. The van der Waals surface area contributed by atoms with Gasteiger partial charge in [-0.3, -0.25) is 24.1 Å². The van der Waals surface area contributed by atoms with Gasteiger partial charge in [0.15, 0.2) is 5.82 Å². The molecular formula is C42H49ClFN9O5S. The number of anilines is 6. The number of amides is 2. The lowest BCUT2D eigenvalue weighted by atomic mass is 9.89. The Morgan fingerprint density at radius 3 is 2.46 bits per heavy atom. The summed E-state index contributed by atoms with van der Waals surface area (Å²) in [7, 11) is -1.83. The average Bonchev–Trinajstić information content (AvgIpc) is 3.69. The minimum atomic E-state index is -3.46. The van der Waals surface area contributed by atoms with Gasteiger partial charge in [-0.2, -0.15) is 4.98 Å². The number of halogens is 2. The highest BCUT2D eigenvalue weighted by Gasteiger charge is 2.31. The van der Waals surface area contributed by atoms with E-state index in [1.54, 1.807) is 13.2 Å². The molecule has 4 aliphatic heterocycles. The molecule has 1 aromatic heterocycles. The van der Waals surface area contributed by atoms with Crippen molar-refractivity contribution in [3.8, 4) is 5.75 Å². The summed E-state index contributed by atoms with van der Waals surface area (Å²) >= 11 is 6.52. The van der Waals surface area contributed by atoms with Crippen LogP contribution in [0.2, 0.25) is 5.02 Å². The quantitative estimate of drug-likeness (QED) is 0.156. The normalized spacial score (nSPS) is 19.4. The molecule has 8 rings (SSSR count). The number of nitrogens with one attached hydrogen (secondary N) is 3. The van der Waals surface area contributed by atoms with Crippen molar-refractivity contribution < 1.29 is 27.1 Å². The summed E-state index contributed by atoms with van der Waals surface area (Å²) in [6, 6.07) is 17.2. The van der Waals surface area contributed by atoms with E-state index in [1.807, 2.05) is 36.4 Å². The van der Waals surface area contributed by atoms with E-state index in [0.29, 0.717) is 77.6 Å². The highest BCUT2D eigenvalue weighted by Crippen LogP contribution is 2.40. The van der Waals surface area contributed by atoms with Crippen molar-refractivity contribution in [2.45, 2.75) is 50.5 Å². The third kappa shape index (κ3) is 9.10. The Balaban J connectivity index is 0.824. The minimum Gasteiger partial charge on any atom is -0.494 e. The van der Waals surface area contributed by atoms with E-state index in [1.165, 1.54) is 22.8 Å². The van der Waals surface area contributed by atoms with Gasteiger partial charge in [-0.05, 0) is 73.1 Å². The number of piperazine rings is 1. The largest absolute Gasteiger partial charge is 0.494 e. The monoisotopic (exact) mass is 845 g/mol. The number of imide groups is 1. The van der Waals surface area contributed by atoms with Crippen LogP contribution < -0.4 is 29.9 Å². The van der Waals surface area contributed by atoms with E-state index in [-0.39, 0.29) is 29.1 Å². The second-order valence-electron chi connectivity index (χ2n) is 15.6. The molecule has 4 aliphatic rings. The van der Waals surface area contributed by atoms with Crippen molar-refractivity contribution in [1.82, 2.24) is 25.1 Å². The minimum absolute atomic E-state index is 0.271. The second kappa shape index (κ2) is 17.3. The Hall–Kier alpha value is -5.03. The maximum absolute atomic E-state index is 15.1. The molecule has 59 heavy (non-hydrogen) atoms. The summed E-state index contributed by atoms with van der Waals surface area (Å²) in [6.45, 7) is 6.83. The number of rotatable bonds is 12. The molecular weight excluding hydrogens is 797 g/mol. The number of aromatic nitrogens is 2. The van der Waals surface area contributed by atoms with Gasteiger partial charge < -0.3 is 25.2 Å². The van der Waals surface area contributed by atoms with Gasteiger partial charge in [0.1, 0.15) is 16.6 Å². The zero-order valence-corrected chi connectivity index (χ0v) is 34.8. The van der Waals surface area contributed by atoms with Crippen LogP contribution in [0.15, 0.2) is 60.8 Å². The van der Waals surface area contributed by atoms with Gasteiger partial charge in [-0.25, -0.2) is 17.8 Å². The summed E-state index contributed by atoms with van der Waals surface area (Å²) < 4.78 is 47.3. The first-order valence-electron chi connectivity index (χ1n) is 20.1. The molecule has 0 spiro atoms. The molecule has 14 nitrogen and oxygen atoms in total. The van der Waals surface area contributed by atoms with Crippen molar-refractivity contribution in [3.05, 3.63) is 88.3 Å². The molecule has 0 saturated carbocycles. The molecule has 3 aromatic carbocycles. The Labute approximate surface area is 349 Å². The van der Waals surface area contributed by atoms with Crippen LogP contribution in [0.5, 0.6) is 5.75 Å². The van der Waals surface area contributed by atoms with Crippen LogP contribution in [0.3, 0.4) is 0 Å². The lowest BCUT2D eigenvalue weighted by Gasteiger charge is -2.43. The van der Waals surface area contributed by atoms with Crippen LogP contribution >= 0.6 is 11.6 Å². The number of hydrogen-bond acceptors (Lipinski definition) is 12. The molecule has 3 saturated heterocycles. The van der Waals surface area contributed by atoms with Crippen molar-refractivity contribution >= 4 is 68.0 Å². The Kier molecular flexibility index (Phi) is 11.9. The maximum Gasteiger partial charge on any atom is 0.234 e. The lowest BCUT2D eigenvalue weighted by Crippen LogP contribution is -2.53. The molecule has 3 fully saturated rings. The SMILES string of the molecule is COc1cc(N2CCC(N3CCN(CCc4ccc(C5CCC(=O)NC5=O)cc4F)CC3)CC2)ccc1Nc1ncc(Cl)c(Nc2cccc3c2N(S(C)(=O)=O)CC3)n1. The predicted molar refractivity (Wildman–Crippen MR) is 227 cm³/mol. The predicted octanol–water partition coefficient (Wildman–Crippen LogP) is 5.44. The van der Waals surface area contributed by atoms with Crippen molar-refractivity contribution in [1.29, 1.82) is 0 Å². The smallest absolute Gasteiger partial charge is 0.234 e. The lowest BCUT2D eigenvalue weighted by molar-refractivity contribution is -0.134. The molecule has 1 atom stereocenters. The van der Waals surface area contributed by atoms with Gasteiger partial charge in [0.05, 0.1) is 42.5 Å². The Morgan fingerprint density at radius 2 is 1.73 bits per heavy atom. The molecule has 0 radical (unpaired) electrons. The molecule has 3 N–H and O–H groups in total. The fraction of sp³-hybridized carbons (Fsp3) is 0.429. The number of carbonyl (C=O) groups excluding carboxylic acids is 2. The van der Waals surface area contributed by atoms with E-state index in [2.05, 4.69) is 46.7 Å². The molecule has 312 valence electrons. The standard InChI is InChI=1S/C42H49ClFN9O5S/c1-58-37-25-31(8-10-35(37)47-42-45-26-33(43)40(49-42)46-36-5-3-4-28-13-19-53(39(28)36)59(2,56)57)51-17-14-30(15-18-51)52-22-20-50(21-23-52)16-12-27-6-7-29(24-34(27)44)32-9-11-38(54)48-41(32)55/h3-8,10,24-26,30,32H,9,11-23H2,1-2H3,(H,48,54,55)(H2,45,46,47,49). The number of fused-ring (bicyclic) bond motifs is 1. The molecule has 1 unspecified atom stereocenters. The van der Waals surface area contributed by atoms with Gasteiger partial charge in [0.2, 0.25) is 27.8 Å². The van der Waals surface area contributed by atoms with Crippen LogP contribution in [0.1, 0.15) is 48.3 Å². The molecule has 0 bridgehead atoms. The number of carbonyl (C=O) groups is 2. The van der Waals surface area contributed by atoms with Crippen LogP contribution in [0.4, 0.5) is 38.9 Å². The second-order valence-corrected chi connectivity index (χ2v) is 17.9. The highest BCUT2D eigenvalue weighted by atomic mass is 35.5. The topological polar surface area (TPSA) is 152 Å². The molecule has 0 aliphatic carbocycles. The van der Waals surface area contributed by atoms with Crippen molar-refractivity contribution in [2.75, 3.05) is 85.6 Å². The fourth-order valence-electron chi connectivity index (χ4n) is 8.71. The van der Waals surface area contributed by atoms with E-state index in [4.69, 9.17) is 16.3 Å². The van der Waals surface area contributed by atoms with E-state index in [9.17, 15) is 18.0 Å². The van der Waals surface area contributed by atoms with Crippen molar-refractivity contribution in [3.63, 3.8) is 0 Å². The molecule has 17 heteroatoms. The first-order chi connectivity index (χ1) is 28.4. The van der Waals surface area contributed by atoms with Gasteiger partial charge in [0, 0.05) is 76.6 Å². The van der Waals surface area contributed by atoms with Crippen molar-refractivity contribution in [2.24, 2.45) is 0 Å². The Bertz CT molecular complexity index is 2340. The highest BCUT2D eigenvalue weighted by molar-refractivity contribution is 7.92. The van der Waals surface area contributed by atoms with Gasteiger partial charge in [-0.15, -0.1) is 0 Å². The molecule has 2 amide bonds. The number of benzene rings is 3. The summed E-state index contributed by atoms with van der Waals surface area (Å²) in [4.78, 5) is 40.1. The van der Waals surface area contributed by atoms with E-state index < -0.39 is 15.9 Å². The first-order valence-corrected chi connectivity index (χ1v) is 22.3. The number of para-hydroxylation sites is 1. The molecule has 4 aromatic rings.